The summed E-state index contributed by atoms with van der Waals surface area (Å²) in [4.78, 5) is 0. The van der Waals surface area contributed by atoms with Gasteiger partial charge in [-0.15, -0.1) is 0 Å². The van der Waals surface area contributed by atoms with Gasteiger partial charge >= 0.3 is 0 Å². The molecule has 0 radical (unpaired) electrons. The van der Waals surface area contributed by atoms with Gasteiger partial charge in [-0.2, -0.15) is 0 Å². The van der Waals surface area contributed by atoms with Gasteiger partial charge in [-0.05, 0) is 54.5 Å². The quantitative estimate of drug-likeness (QED) is 0.325. The molecule has 0 saturated carbocycles. The second-order valence-corrected chi connectivity index (χ2v) is 6.47. The number of allylic oxidation sites excluding steroid dienone is 2. The lowest BCUT2D eigenvalue weighted by Crippen LogP contribution is -1.96. The van der Waals surface area contributed by atoms with Crippen LogP contribution in [0.4, 0.5) is 0 Å². The van der Waals surface area contributed by atoms with Crippen LogP contribution < -0.4 is 0 Å². The maximum absolute atomic E-state index is 3.80. The Bertz CT molecular complexity index is 1080. The Labute approximate surface area is 168 Å². The molecule has 0 saturated heterocycles. The number of hydrogen-bond acceptors (Lipinski definition) is 0. The Kier molecular flexibility index (Phi) is 6.29. The third-order valence-electron chi connectivity index (χ3n) is 4.62. The highest BCUT2D eigenvalue weighted by molar-refractivity contribution is 5.86. The zero-order valence-electron chi connectivity index (χ0n) is 16.9. The third kappa shape index (κ3) is 3.99. The summed E-state index contributed by atoms with van der Waals surface area (Å²) in [6.07, 6.45) is 5.90. The molecule has 0 bridgehead atoms. The number of benzene rings is 3. The fraction of sp³-hybridized carbons (Fsp3) is 0.111. The van der Waals surface area contributed by atoms with Gasteiger partial charge in [0.25, 0.3) is 0 Å². The minimum Gasteiger partial charge on any atom is -0.310 e. The maximum Gasteiger partial charge on any atom is 0.0534 e. The van der Waals surface area contributed by atoms with Crippen LogP contribution in [0.5, 0.6) is 0 Å². The van der Waals surface area contributed by atoms with Crippen LogP contribution in [0, 0.1) is 6.92 Å². The van der Waals surface area contributed by atoms with Crippen LogP contribution in [0.1, 0.15) is 25.1 Å². The molecule has 4 aromatic rings. The molecule has 0 atom stereocenters. The third-order valence-corrected chi connectivity index (χ3v) is 4.62. The van der Waals surface area contributed by atoms with Crippen molar-refractivity contribution >= 4 is 17.0 Å². The summed E-state index contributed by atoms with van der Waals surface area (Å²) >= 11 is 0. The molecule has 1 nitrogen and oxygen atoms in total. The fourth-order valence-corrected chi connectivity index (χ4v) is 3.37. The van der Waals surface area contributed by atoms with E-state index in [9.17, 15) is 0 Å². The molecule has 1 heteroatoms. The van der Waals surface area contributed by atoms with Crippen molar-refractivity contribution in [2.45, 2.75) is 20.8 Å². The Balaban J connectivity index is 0.00000109. The van der Waals surface area contributed by atoms with E-state index in [1.54, 1.807) is 0 Å². The van der Waals surface area contributed by atoms with Gasteiger partial charge in [-0.3, -0.25) is 0 Å². The van der Waals surface area contributed by atoms with Crippen LogP contribution >= 0.6 is 0 Å². The van der Waals surface area contributed by atoms with Gasteiger partial charge in [0.05, 0.1) is 5.52 Å². The van der Waals surface area contributed by atoms with Gasteiger partial charge in [0, 0.05) is 16.8 Å². The molecular formula is C27H27N. The van der Waals surface area contributed by atoms with Crippen LogP contribution in [-0.2, 0) is 0 Å². The minimum atomic E-state index is 1.15. The van der Waals surface area contributed by atoms with E-state index in [4.69, 9.17) is 0 Å². The molecule has 0 unspecified atom stereocenters. The molecule has 0 N–H and O–H groups in total. The number of rotatable bonds is 4. The van der Waals surface area contributed by atoms with Crippen LogP contribution in [0.2, 0.25) is 0 Å². The number of fused-ring (bicyclic) bond motifs is 1. The number of aryl methyl sites for hydroxylation is 1. The average Bonchev–Trinajstić information content (AvgIpc) is 3.11. The predicted molar refractivity (Wildman–Crippen MR) is 124 cm³/mol. The molecule has 0 aliphatic carbocycles. The topological polar surface area (TPSA) is 4.93 Å². The highest BCUT2D eigenvalue weighted by atomic mass is 15.0. The van der Waals surface area contributed by atoms with Gasteiger partial charge in [-0.25, -0.2) is 0 Å². The maximum atomic E-state index is 3.80. The Morgan fingerprint density at radius 2 is 1.46 bits per heavy atom. The molecule has 1 heterocycles. The van der Waals surface area contributed by atoms with Crippen molar-refractivity contribution in [1.82, 2.24) is 4.57 Å². The van der Waals surface area contributed by atoms with Crippen molar-refractivity contribution in [3.8, 4) is 16.8 Å². The molecule has 4 rings (SSSR count). The average molecular weight is 366 g/mol. The van der Waals surface area contributed by atoms with Crippen molar-refractivity contribution in [3.63, 3.8) is 0 Å². The largest absolute Gasteiger partial charge is 0.310 e. The SMILES string of the molecule is C=C/C=C\c1cc2cc(C)ccc2n1-c1ccc(-c2ccccc2)cc1.CC. The molecule has 1 aromatic heterocycles. The Hall–Kier alpha value is -3.32. The van der Waals surface area contributed by atoms with Crippen LogP contribution in [0.15, 0.2) is 97.6 Å². The van der Waals surface area contributed by atoms with E-state index in [2.05, 4.69) is 96.9 Å². The van der Waals surface area contributed by atoms with E-state index in [1.807, 2.05) is 32.1 Å². The smallest absolute Gasteiger partial charge is 0.0534 e. The number of hydrogen-bond donors (Lipinski definition) is 0. The first-order valence-electron chi connectivity index (χ1n) is 9.83. The van der Waals surface area contributed by atoms with Gasteiger partial charge in [-0.1, -0.05) is 86.7 Å². The second kappa shape index (κ2) is 9.05. The highest BCUT2D eigenvalue weighted by Gasteiger charge is 2.09. The van der Waals surface area contributed by atoms with E-state index < -0.39 is 0 Å². The molecule has 3 aromatic carbocycles. The molecule has 0 spiro atoms. The Morgan fingerprint density at radius 3 is 2.14 bits per heavy atom. The molecule has 0 fully saturated rings. The minimum absolute atomic E-state index is 1.15. The van der Waals surface area contributed by atoms with E-state index in [0.717, 1.165) is 11.4 Å². The molecule has 28 heavy (non-hydrogen) atoms. The summed E-state index contributed by atoms with van der Waals surface area (Å²) in [6.45, 7) is 9.92. The number of aromatic nitrogens is 1. The first-order valence-corrected chi connectivity index (χ1v) is 9.83. The molecule has 0 aliphatic heterocycles. The standard InChI is InChI=1S/C25H21N.C2H6/c1-3-4-10-24-18-22-17-19(2)11-16-25(22)26(24)23-14-12-21(13-15-23)20-8-6-5-7-9-20;1-2/h3-18H,1H2,2H3;1-2H3/b10-4-;. The lowest BCUT2D eigenvalue weighted by molar-refractivity contribution is 1.11. The summed E-state index contributed by atoms with van der Waals surface area (Å²) in [5.41, 5.74) is 7.26. The van der Waals surface area contributed by atoms with Crippen molar-refractivity contribution in [3.05, 3.63) is 109 Å². The predicted octanol–water partition coefficient (Wildman–Crippen LogP) is 7.83. The lowest BCUT2D eigenvalue weighted by atomic mass is 10.1. The summed E-state index contributed by atoms with van der Waals surface area (Å²) in [7, 11) is 0. The Morgan fingerprint density at radius 1 is 0.786 bits per heavy atom. The lowest BCUT2D eigenvalue weighted by Gasteiger charge is -2.10. The van der Waals surface area contributed by atoms with E-state index in [-0.39, 0.29) is 0 Å². The van der Waals surface area contributed by atoms with Gasteiger partial charge in [0.2, 0.25) is 0 Å². The molecule has 0 amide bonds. The molecule has 0 aliphatic rings. The van der Waals surface area contributed by atoms with Gasteiger partial charge in [0.15, 0.2) is 0 Å². The van der Waals surface area contributed by atoms with Gasteiger partial charge < -0.3 is 4.57 Å². The van der Waals surface area contributed by atoms with Gasteiger partial charge in [0.1, 0.15) is 0 Å². The van der Waals surface area contributed by atoms with Crippen molar-refractivity contribution in [2.24, 2.45) is 0 Å². The van der Waals surface area contributed by atoms with Crippen molar-refractivity contribution < 1.29 is 0 Å². The van der Waals surface area contributed by atoms with Crippen molar-refractivity contribution in [2.75, 3.05) is 0 Å². The second-order valence-electron chi connectivity index (χ2n) is 6.47. The highest BCUT2D eigenvalue weighted by Crippen LogP contribution is 2.28. The molecule has 140 valence electrons. The van der Waals surface area contributed by atoms with E-state index >= 15 is 0 Å². The van der Waals surface area contributed by atoms with Crippen LogP contribution in [-0.4, -0.2) is 4.57 Å². The normalized spacial score (nSPS) is 10.7. The summed E-state index contributed by atoms with van der Waals surface area (Å²) in [5, 5.41) is 1.25. The zero-order valence-corrected chi connectivity index (χ0v) is 16.9. The van der Waals surface area contributed by atoms with E-state index in [1.165, 1.54) is 27.6 Å². The number of nitrogens with zero attached hydrogens (tertiary/aromatic N) is 1. The van der Waals surface area contributed by atoms with Crippen molar-refractivity contribution in [1.29, 1.82) is 0 Å². The summed E-state index contributed by atoms with van der Waals surface area (Å²) in [6, 6.07) is 28.0. The monoisotopic (exact) mass is 365 g/mol. The first-order chi connectivity index (χ1) is 13.8. The summed E-state index contributed by atoms with van der Waals surface area (Å²) in [5.74, 6) is 0. The first kappa shape index (κ1) is 19.4. The van der Waals surface area contributed by atoms with Crippen LogP contribution in [0.25, 0.3) is 33.8 Å². The zero-order chi connectivity index (χ0) is 19.9. The molecular weight excluding hydrogens is 338 g/mol. The van der Waals surface area contributed by atoms with Crippen LogP contribution in [0.3, 0.4) is 0 Å². The fourth-order valence-electron chi connectivity index (χ4n) is 3.37. The van der Waals surface area contributed by atoms with E-state index in [0.29, 0.717) is 0 Å². The summed E-state index contributed by atoms with van der Waals surface area (Å²) < 4.78 is 2.30.